The van der Waals surface area contributed by atoms with E-state index >= 15 is 0 Å². The van der Waals surface area contributed by atoms with Crippen molar-refractivity contribution in [1.82, 2.24) is 4.98 Å². The molecular weight excluding hydrogens is 429 g/mol. The molecule has 0 amide bonds. The number of aliphatic hydroxyl groups is 2. The summed E-state index contributed by atoms with van der Waals surface area (Å²) in [5.74, 6) is -1.06. The number of benzene rings is 1. The van der Waals surface area contributed by atoms with E-state index in [0.29, 0.717) is 5.92 Å². The lowest BCUT2D eigenvalue weighted by Crippen LogP contribution is -2.19. The van der Waals surface area contributed by atoms with Crippen LogP contribution >= 0.6 is 11.3 Å². The quantitative estimate of drug-likeness (QED) is 0.435. The summed E-state index contributed by atoms with van der Waals surface area (Å²) in [6.45, 7) is 3.92. The number of fused-ring (bicyclic) bond motifs is 1. The zero-order valence-corrected chi connectivity index (χ0v) is 18.8. The minimum absolute atomic E-state index is 0.0692. The third-order valence-electron chi connectivity index (χ3n) is 5.78. The van der Waals surface area contributed by atoms with Gasteiger partial charge in [0.15, 0.2) is 0 Å². The van der Waals surface area contributed by atoms with Crippen LogP contribution in [0.25, 0.3) is 27.4 Å². The van der Waals surface area contributed by atoms with Crippen molar-refractivity contribution in [2.45, 2.75) is 57.7 Å². The van der Waals surface area contributed by atoms with Crippen molar-refractivity contribution in [3.8, 4) is 11.1 Å². The number of rotatable bonds is 8. The van der Waals surface area contributed by atoms with Crippen molar-refractivity contribution in [2.24, 2.45) is 0 Å². The standard InChI is InChI=1S/C25H26FNO4S/c1-13-9-16(26)5-7-19(13)22-20(8-6-17(28)10-18(29)11-21(30)31)24(15-3-4-15)27-23-14(2)12-32-25(22)23/h5-9,12,15,17-18,28-29H,3-4,10-11H2,1-2H3,(H,30,31)/b8-6+/t17-,18-/m1/s1. The number of carboxylic acids is 1. The van der Waals surface area contributed by atoms with Crippen molar-refractivity contribution < 1.29 is 24.5 Å². The Kier molecular flexibility index (Phi) is 6.42. The average Bonchev–Trinajstić information content (AvgIpc) is 3.48. The summed E-state index contributed by atoms with van der Waals surface area (Å²) in [6.07, 6.45) is 2.89. The van der Waals surface area contributed by atoms with Gasteiger partial charge in [-0.3, -0.25) is 9.78 Å². The summed E-state index contributed by atoms with van der Waals surface area (Å²) in [7, 11) is 0. The number of carboxylic acid groups (broad SMARTS) is 1. The van der Waals surface area contributed by atoms with Gasteiger partial charge < -0.3 is 15.3 Å². The molecule has 2 heterocycles. The Bertz CT molecular complexity index is 1200. The van der Waals surface area contributed by atoms with Crippen LogP contribution in [0.2, 0.25) is 0 Å². The van der Waals surface area contributed by atoms with Gasteiger partial charge in [0.05, 0.1) is 34.5 Å². The fourth-order valence-electron chi connectivity index (χ4n) is 4.05. The van der Waals surface area contributed by atoms with Crippen LogP contribution in [0.4, 0.5) is 4.39 Å². The second-order valence-corrected chi connectivity index (χ2v) is 9.41. The molecule has 3 aromatic rings. The monoisotopic (exact) mass is 455 g/mol. The Morgan fingerprint density at radius 1 is 1.28 bits per heavy atom. The van der Waals surface area contributed by atoms with Crippen LogP contribution in [0.5, 0.6) is 0 Å². The number of aromatic nitrogens is 1. The zero-order valence-electron chi connectivity index (χ0n) is 18.0. The maximum absolute atomic E-state index is 13.8. The first-order valence-electron chi connectivity index (χ1n) is 10.7. The number of nitrogens with zero attached hydrogens (tertiary/aromatic N) is 1. The Labute approximate surface area is 189 Å². The molecule has 32 heavy (non-hydrogen) atoms. The van der Waals surface area contributed by atoms with E-state index in [9.17, 15) is 19.4 Å². The van der Waals surface area contributed by atoms with Gasteiger partial charge in [0.1, 0.15) is 5.82 Å². The highest BCUT2D eigenvalue weighted by Crippen LogP contribution is 2.47. The summed E-state index contributed by atoms with van der Waals surface area (Å²) in [6, 6.07) is 4.76. The molecule has 0 bridgehead atoms. The van der Waals surface area contributed by atoms with E-state index in [2.05, 4.69) is 5.38 Å². The zero-order chi connectivity index (χ0) is 23.0. The molecule has 4 rings (SSSR count). The van der Waals surface area contributed by atoms with Gasteiger partial charge in [0, 0.05) is 23.5 Å². The van der Waals surface area contributed by atoms with Crippen LogP contribution in [-0.4, -0.2) is 38.5 Å². The summed E-state index contributed by atoms with van der Waals surface area (Å²) < 4.78 is 14.9. The number of thiophene rings is 1. The normalized spacial score (nSPS) is 16.0. The Balaban J connectivity index is 1.83. The summed E-state index contributed by atoms with van der Waals surface area (Å²) in [5, 5.41) is 31.2. The predicted molar refractivity (Wildman–Crippen MR) is 124 cm³/mol. The number of pyridine rings is 1. The second kappa shape index (κ2) is 9.10. The number of aryl methyl sites for hydroxylation is 2. The van der Waals surface area contributed by atoms with Gasteiger partial charge >= 0.3 is 5.97 Å². The number of halogens is 1. The third-order valence-corrected chi connectivity index (χ3v) is 6.88. The molecule has 7 heteroatoms. The minimum atomic E-state index is -1.13. The summed E-state index contributed by atoms with van der Waals surface area (Å²) in [4.78, 5) is 15.8. The molecular formula is C25H26FNO4S. The molecule has 1 aliphatic rings. The van der Waals surface area contributed by atoms with Gasteiger partial charge in [-0.2, -0.15) is 0 Å². The van der Waals surface area contributed by atoms with Crippen molar-refractivity contribution >= 4 is 33.6 Å². The van der Waals surface area contributed by atoms with Crippen LogP contribution in [-0.2, 0) is 4.79 Å². The highest BCUT2D eigenvalue weighted by atomic mass is 32.1. The average molecular weight is 456 g/mol. The van der Waals surface area contributed by atoms with Crippen LogP contribution < -0.4 is 0 Å². The number of aliphatic hydroxyl groups excluding tert-OH is 2. The highest BCUT2D eigenvalue weighted by Gasteiger charge is 2.30. The van der Waals surface area contributed by atoms with Crippen LogP contribution in [0.3, 0.4) is 0 Å². The van der Waals surface area contributed by atoms with E-state index in [1.165, 1.54) is 12.1 Å². The molecule has 0 saturated heterocycles. The van der Waals surface area contributed by atoms with Gasteiger partial charge in [-0.25, -0.2) is 4.39 Å². The first-order chi connectivity index (χ1) is 15.2. The van der Waals surface area contributed by atoms with E-state index in [1.54, 1.807) is 23.5 Å². The van der Waals surface area contributed by atoms with E-state index in [-0.39, 0.29) is 12.2 Å². The maximum atomic E-state index is 13.8. The fraction of sp³-hybridized carbons (Fsp3) is 0.360. The summed E-state index contributed by atoms with van der Waals surface area (Å²) >= 11 is 1.60. The molecule has 0 spiro atoms. The van der Waals surface area contributed by atoms with Gasteiger partial charge in [-0.15, -0.1) is 11.3 Å². The van der Waals surface area contributed by atoms with Crippen molar-refractivity contribution in [1.29, 1.82) is 0 Å². The van der Waals surface area contributed by atoms with Gasteiger partial charge in [0.2, 0.25) is 0 Å². The van der Waals surface area contributed by atoms with Crippen molar-refractivity contribution in [3.05, 3.63) is 57.9 Å². The van der Waals surface area contributed by atoms with E-state index in [4.69, 9.17) is 10.1 Å². The molecule has 1 fully saturated rings. The lowest BCUT2D eigenvalue weighted by molar-refractivity contribution is -0.139. The Morgan fingerprint density at radius 2 is 2.03 bits per heavy atom. The molecule has 0 aliphatic heterocycles. The fourth-order valence-corrected chi connectivity index (χ4v) is 5.11. The SMILES string of the molecule is Cc1cc(F)ccc1-c1c(/C=C/[C@@H](O)C[C@@H](O)CC(=O)O)c(C2CC2)nc2c(C)csc12. The molecule has 1 aliphatic carbocycles. The maximum Gasteiger partial charge on any atom is 0.305 e. The number of aliphatic carboxylic acids is 1. The van der Waals surface area contributed by atoms with Gasteiger partial charge in [-0.1, -0.05) is 18.2 Å². The van der Waals surface area contributed by atoms with Crippen LogP contribution in [0.15, 0.2) is 29.7 Å². The molecule has 5 nitrogen and oxygen atoms in total. The molecule has 2 aromatic heterocycles. The van der Waals surface area contributed by atoms with E-state index < -0.39 is 24.6 Å². The topological polar surface area (TPSA) is 90.7 Å². The molecule has 0 unspecified atom stereocenters. The Hall–Kier alpha value is -2.61. The molecule has 168 valence electrons. The number of hydrogen-bond donors (Lipinski definition) is 3. The number of hydrogen-bond acceptors (Lipinski definition) is 5. The lowest BCUT2D eigenvalue weighted by atomic mass is 9.92. The lowest BCUT2D eigenvalue weighted by Gasteiger charge is -2.16. The smallest absolute Gasteiger partial charge is 0.305 e. The largest absolute Gasteiger partial charge is 0.481 e. The van der Waals surface area contributed by atoms with Gasteiger partial charge in [-0.05, 0) is 60.9 Å². The molecule has 1 saturated carbocycles. The van der Waals surface area contributed by atoms with Crippen molar-refractivity contribution in [3.63, 3.8) is 0 Å². The first-order valence-corrected chi connectivity index (χ1v) is 11.6. The summed E-state index contributed by atoms with van der Waals surface area (Å²) in [5.41, 5.74) is 6.61. The molecule has 0 radical (unpaired) electrons. The number of carbonyl (C=O) groups is 1. The predicted octanol–water partition coefficient (Wildman–Crippen LogP) is 5.20. The second-order valence-electron chi connectivity index (χ2n) is 8.53. The van der Waals surface area contributed by atoms with Crippen LogP contribution in [0.1, 0.15) is 54.0 Å². The Morgan fingerprint density at radius 3 is 2.69 bits per heavy atom. The first kappa shape index (κ1) is 22.6. The molecule has 1 aromatic carbocycles. The van der Waals surface area contributed by atoms with Gasteiger partial charge in [0.25, 0.3) is 0 Å². The van der Waals surface area contributed by atoms with E-state index in [1.807, 2.05) is 19.9 Å². The van der Waals surface area contributed by atoms with E-state index in [0.717, 1.165) is 56.6 Å². The third kappa shape index (κ3) is 4.75. The van der Waals surface area contributed by atoms with Crippen LogP contribution in [0, 0.1) is 19.7 Å². The van der Waals surface area contributed by atoms with Crippen molar-refractivity contribution in [2.75, 3.05) is 0 Å². The highest BCUT2D eigenvalue weighted by molar-refractivity contribution is 7.18. The minimum Gasteiger partial charge on any atom is -0.481 e. The molecule has 3 N–H and O–H groups in total. The molecule has 2 atom stereocenters.